The topological polar surface area (TPSA) is 38.7 Å². The molecule has 0 aliphatic carbocycles. The molecule has 0 bridgehead atoms. The monoisotopic (exact) mass is 201 g/mol. The van der Waals surface area contributed by atoms with Gasteiger partial charge in [0.2, 0.25) is 0 Å². The van der Waals surface area contributed by atoms with Crippen LogP contribution in [0.2, 0.25) is 0 Å². The summed E-state index contributed by atoms with van der Waals surface area (Å²) in [6, 6.07) is 0. The molecule has 1 aliphatic rings. The molecule has 0 aromatic rings. The van der Waals surface area contributed by atoms with Crippen LogP contribution in [-0.4, -0.2) is 29.4 Å². The van der Waals surface area contributed by atoms with E-state index in [1.807, 2.05) is 6.92 Å². The minimum Gasteiger partial charge on any atom is -0.461 e. The van der Waals surface area contributed by atoms with Gasteiger partial charge in [0.25, 0.3) is 0 Å². The maximum atomic E-state index is 11.2. The predicted octanol–water partition coefficient (Wildman–Crippen LogP) is 1.86. The molecule has 13 heavy (non-hydrogen) atoms. The lowest BCUT2D eigenvalue weighted by Gasteiger charge is -2.00. The minimum absolute atomic E-state index is 0.242. The average Bonchev–Trinajstić information content (AvgIpc) is 2.54. The highest BCUT2D eigenvalue weighted by Gasteiger charge is 2.22. The van der Waals surface area contributed by atoms with Gasteiger partial charge in [0.1, 0.15) is 5.71 Å². The van der Waals surface area contributed by atoms with Gasteiger partial charge in [0, 0.05) is 5.75 Å². The number of carbonyl (C=O) groups is 1. The number of carbonyl (C=O) groups excluding carboxylic acids is 1. The maximum Gasteiger partial charge on any atom is 0.353 e. The molecule has 74 valence electrons. The molecule has 4 heteroatoms. The molecule has 0 N–H and O–H groups in total. The van der Waals surface area contributed by atoms with E-state index in [4.69, 9.17) is 4.74 Å². The van der Waals surface area contributed by atoms with Gasteiger partial charge in [-0.25, -0.2) is 4.79 Å². The van der Waals surface area contributed by atoms with E-state index in [1.54, 1.807) is 11.8 Å². The summed E-state index contributed by atoms with van der Waals surface area (Å²) in [6.07, 6.45) is 2.16. The van der Waals surface area contributed by atoms with Gasteiger partial charge in [0.15, 0.2) is 0 Å². The Kier molecular flexibility index (Phi) is 4.28. The van der Waals surface area contributed by atoms with Crippen LogP contribution in [0.3, 0.4) is 0 Å². The average molecular weight is 201 g/mol. The molecule has 0 unspecified atom stereocenters. The molecule has 0 amide bonds. The van der Waals surface area contributed by atoms with Crippen molar-refractivity contribution in [3.8, 4) is 0 Å². The molecule has 1 aliphatic heterocycles. The Morgan fingerprint density at radius 2 is 2.46 bits per heavy atom. The normalized spacial score (nSPS) is 21.4. The van der Waals surface area contributed by atoms with Gasteiger partial charge in [-0.3, -0.25) is 4.99 Å². The van der Waals surface area contributed by atoms with Crippen LogP contribution in [0.1, 0.15) is 26.7 Å². The molecule has 0 radical (unpaired) electrons. The Morgan fingerprint density at radius 1 is 1.69 bits per heavy atom. The van der Waals surface area contributed by atoms with Crippen LogP contribution in [0.25, 0.3) is 0 Å². The Morgan fingerprint density at radius 3 is 3.08 bits per heavy atom. The first-order valence-corrected chi connectivity index (χ1v) is 5.68. The van der Waals surface area contributed by atoms with Crippen LogP contribution in [0, 0.1) is 0 Å². The number of thioether (sulfide) groups is 1. The summed E-state index contributed by atoms with van der Waals surface area (Å²) in [6.45, 7) is 4.36. The van der Waals surface area contributed by atoms with Crippen molar-refractivity contribution in [1.82, 2.24) is 0 Å². The van der Waals surface area contributed by atoms with Crippen molar-refractivity contribution in [3.05, 3.63) is 0 Å². The van der Waals surface area contributed by atoms with Crippen LogP contribution < -0.4 is 0 Å². The van der Waals surface area contributed by atoms with Gasteiger partial charge >= 0.3 is 5.97 Å². The Hall–Kier alpha value is -0.510. The number of nitrogens with zero attached hydrogens (tertiary/aromatic N) is 1. The molecule has 0 spiro atoms. The van der Waals surface area contributed by atoms with Gasteiger partial charge in [0.05, 0.1) is 12.0 Å². The number of rotatable bonds is 4. The smallest absolute Gasteiger partial charge is 0.353 e. The molecule has 0 aromatic carbocycles. The Balaban J connectivity index is 2.43. The lowest BCUT2D eigenvalue weighted by molar-refractivity contribution is -0.135. The van der Waals surface area contributed by atoms with Crippen molar-refractivity contribution in [2.45, 2.75) is 32.1 Å². The number of esters is 1. The fourth-order valence-corrected chi connectivity index (χ4v) is 2.29. The van der Waals surface area contributed by atoms with E-state index >= 15 is 0 Å². The van der Waals surface area contributed by atoms with Crippen LogP contribution in [0.4, 0.5) is 0 Å². The molecule has 1 rings (SSSR count). The lowest BCUT2D eigenvalue weighted by Crippen LogP contribution is -2.17. The van der Waals surface area contributed by atoms with E-state index < -0.39 is 0 Å². The third-order valence-corrected chi connectivity index (χ3v) is 2.92. The molecule has 1 atom stereocenters. The maximum absolute atomic E-state index is 11.2. The molecule has 0 saturated carbocycles. The van der Waals surface area contributed by atoms with E-state index in [9.17, 15) is 4.79 Å². The second kappa shape index (κ2) is 5.27. The summed E-state index contributed by atoms with van der Waals surface area (Å²) in [5, 5.41) is 0.282. The van der Waals surface area contributed by atoms with Crippen LogP contribution >= 0.6 is 11.8 Å². The molecule has 0 aromatic heterocycles. The van der Waals surface area contributed by atoms with E-state index in [-0.39, 0.29) is 11.3 Å². The summed E-state index contributed by atoms with van der Waals surface area (Å²) in [7, 11) is 0. The van der Waals surface area contributed by atoms with Crippen molar-refractivity contribution < 1.29 is 9.53 Å². The molecule has 1 heterocycles. The zero-order valence-corrected chi connectivity index (χ0v) is 8.89. The second-order valence-electron chi connectivity index (χ2n) is 2.85. The van der Waals surface area contributed by atoms with E-state index in [0.717, 1.165) is 12.8 Å². The molecule has 3 nitrogen and oxygen atoms in total. The third kappa shape index (κ3) is 3.03. The van der Waals surface area contributed by atoms with E-state index in [1.165, 1.54) is 0 Å². The summed E-state index contributed by atoms with van der Waals surface area (Å²) < 4.78 is 4.87. The fourth-order valence-electron chi connectivity index (χ4n) is 1.14. The number of hydrogen-bond donors (Lipinski definition) is 0. The molecular weight excluding hydrogens is 186 g/mol. The largest absolute Gasteiger partial charge is 0.461 e. The standard InChI is InChI=1S/C9H15NO2S/c1-3-5-8-10-7(6-13-8)9(11)12-4-2/h8H,3-6H2,1-2H3/t8-/m1/s1. The highest BCUT2D eigenvalue weighted by atomic mass is 32.2. The van der Waals surface area contributed by atoms with Gasteiger partial charge in [-0.2, -0.15) is 0 Å². The predicted molar refractivity (Wildman–Crippen MR) is 55.2 cm³/mol. The highest BCUT2D eigenvalue weighted by molar-refractivity contribution is 8.01. The SMILES string of the molecule is CCC[C@@H]1N=C(C(=O)OCC)CS1. The van der Waals surface area contributed by atoms with Crippen molar-refractivity contribution in [2.24, 2.45) is 4.99 Å². The Bertz CT molecular complexity index is 216. The number of aliphatic imine (C=N–C) groups is 1. The number of ether oxygens (including phenoxy) is 1. The van der Waals surface area contributed by atoms with Gasteiger partial charge < -0.3 is 4.74 Å². The minimum atomic E-state index is -0.242. The highest BCUT2D eigenvalue weighted by Crippen LogP contribution is 2.24. The quantitative estimate of drug-likeness (QED) is 0.652. The first kappa shape index (κ1) is 10.6. The summed E-state index contributed by atoms with van der Waals surface area (Å²) in [4.78, 5) is 15.5. The van der Waals surface area contributed by atoms with E-state index in [0.29, 0.717) is 18.1 Å². The second-order valence-corrected chi connectivity index (χ2v) is 4.02. The van der Waals surface area contributed by atoms with Crippen molar-refractivity contribution in [1.29, 1.82) is 0 Å². The van der Waals surface area contributed by atoms with Crippen LogP contribution in [-0.2, 0) is 9.53 Å². The number of hydrogen-bond acceptors (Lipinski definition) is 4. The first-order chi connectivity index (χ1) is 6.27. The van der Waals surface area contributed by atoms with Gasteiger partial charge in [-0.15, -0.1) is 11.8 Å². The third-order valence-electron chi connectivity index (χ3n) is 1.76. The molecular formula is C9H15NO2S. The van der Waals surface area contributed by atoms with Crippen LogP contribution in [0.15, 0.2) is 4.99 Å². The van der Waals surface area contributed by atoms with Crippen molar-refractivity contribution in [3.63, 3.8) is 0 Å². The Labute approximate surface area is 82.9 Å². The summed E-state index contributed by atoms with van der Waals surface area (Å²) in [5.74, 6) is 0.470. The summed E-state index contributed by atoms with van der Waals surface area (Å²) >= 11 is 1.72. The summed E-state index contributed by atoms with van der Waals surface area (Å²) in [5.41, 5.74) is 0.602. The molecule has 0 fully saturated rings. The van der Waals surface area contributed by atoms with Crippen molar-refractivity contribution >= 4 is 23.4 Å². The first-order valence-electron chi connectivity index (χ1n) is 4.63. The lowest BCUT2D eigenvalue weighted by atomic mass is 10.3. The zero-order chi connectivity index (χ0) is 9.68. The zero-order valence-electron chi connectivity index (χ0n) is 8.08. The van der Waals surface area contributed by atoms with Gasteiger partial charge in [-0.1, -0.05) is 13.3 Å². The van der Waals surface area contributed by atoms with Gasteiger partial charge in [-0.05, 0) is 13.3 Å². The fraction of sp³-hybridized carbons (Fsp3) is 0.778. The van der Waals surface area contributed by atoms with Crippen molar-refractivity contribution in [2.75, 3.05) is 12.4 Å². The van der Waals surface area contributed by atoms with Crippen LogP contribution in [0.5, 0.6) is 0 Å². The van der Waals surface area contributed by atoms with E-state index in [2.05, 4.69) is 11.9 Å². The molecule has 0 saturated heterocycles.